The Bertz CT molecular complexity index is 853. The molecule has 0 aliphatic heterocycles. The van der Waals surface area contributed by atoms with E-state index in [-0.39, 0.29) is 12.5 Å². The Kier molecular flexibility index (Phi) is 7.00. The molecule has 2 aromatic rings. The Morgan fingerprint density at radius 3 is 2.58 bits per heavy atom. The average molecular weight is 394 g/mol. The number of halogens is 2. The Balaban J connectivity index is 1.93. The lowest BCUT2D eigenvalue weighted by molar-refractivity contribution is -0.123. The predicted octanol–water partition coefficient (Wildman–Crippen LogP) is 3.87. The molecule has 0 aromatic heterocycles. The van der Waals surface area contributed by atoms with Crippen LogP contribution >= 0.6 is 23.2 Å². The summed E-state index contributed by atoms with van der Waals surface area (Å²) in [6.07, 6.45) is 0. The van der Waals surface area contributed by atoms with Crippen LogP contribution in [0, 0.1) is 0 Å². The predicted molar refractivity (Wildman–Crippen MR) is 103 cm³/mol. The largest absolute Gasteiger partial charge is 0.482 e. The summed E-state index contributed by atoms with van der Waals surface area (Å²) in [5.74, 6) is -0.244. The molecule has 2 N–H and O–H groups in total. The van der Waals surface area contributed by atoms with Gasteiger partial charge < -0.3 is 10.1 Å². The van der Waals surface area contributed by atoms with E-state index in [9.17, 15) is 9.59 Å². The Hall–Kier alpha value is -2.57. The van der Waals surface area contributed by atoms with Crippen LogP contribution < -0.4 is 15.5 Å². The quantitative estimate of drug-likeness (QED) is 0.577. The molecule has 0 heterocycles. The monoisotopic (exact) mass is 393 g/mol. The van der Waals surface area contributed by atoms with Gasteiger partial charge in [-0.15, -0.1) is 0 Å². The number of carbonyl (C=O) groups excluding carboxylic acids is 2. The van der Waals surface area contributed by atoms with E-state index in [1.807, 2.05) is 6.07 Å². The van der Waals surface area contributed by atoms with Crippen molar-refractivity contribution in [2.75, 3.05) is 11.9 Å². The van der Waals surface area contributed by atoms with Crippen molar-refractivity contribution in [2.45, 2.75) is 13.8 Å². The van der Waals surface area contributed by atoms with Gasteiger partial charge in [0.25, 0.3) is 5.91 Å². The van der Waals surface area contributed by atoms with Gasteiger partial charge in [0.15, 0.2) is 6.61 Å². The molecular formula is C18H17Cl2N3O3. The number of hydrazone groups is 1. The zero-order chi connectivity index (χ0) is 19.1. The molecular weight excluding hydrogens is 377 g/mol. The van der Waals surface area contributed by atoms with E-state index in [1.165, 1.54) is 13.0 Å². The number of hydrogen-bond acceptors (Lipinski definition) is 4. The average Bonchev–Trinajstić information content (AvgIpc) is 2.58. The van der Waals surface area contributed by atoms with E-state index < -0.39 is 5.91 Å². The Morgan fingerprint density at radius 1 is 1.12 bits per heavy atom. The molecule has 0 aliphatic carbocycles. The number of amides is 2. The minimum absolute atomic E-state index is 0.164. The van der Waals surface area contributed by atoms with Crippen molar-refractivity contribution in [1.82, 2.24) is 5.43 Å². The van der Waals surface area contributed by atoms with Crippen molar-refractivity contribution in [2.24, 2.45) is 5.10 Å². The highest BCUT2D eigenvalue weighted by molar-refractivity contribution is 6.35. The van der Waals surface area contributed by atoms with Gasteiger partial charge in [0.2, 0.25) is 5.91 Å². The molecule has 6 nitrogen and oxygen atoms in total. The number of benzene rings is 2. The fourth-order valence-electron chi connectivity index (χ4n) is 2.00. The van der Waals surface area contributed by atoms with Gasteiger partial charge in [-0.1, -0.05) is 35.3 Å². The lowest BCUT2D eigenvalue weighted by Gasteiger charge is -2.08. The lowest BCUT2D eigenvalue weighted by Crippen LogP contribution is -2.25. The molecule has 2 aromatic carbocycles. The van der Waals surface area contributed by atoms with E-state index in [1.54, 1.807) is 37.3 Å². The lowest BCUT2D eigenvalue weighted by atomic mass is 10.1. The number of nitrogens with zero attached hydrogens (tertiary/aromatic N) is 1. The summed E-state index contributed by atoms with van der Waals surface area (Å²) in [6.45, 7) is 2.93. The van der Waals surface area contributed by atoms with Crippen LogP contribution in [0.4, 0.5) is 5.69 Å². The van der Waals surface area contributed by atoms with Gasteiger partial charge in [-0.3, -0.25) is 9.59 Å². The van der Waals surface area contributed by atoms with Crippen LogP contribution in [-0.4, -0.2) is 24.1 Å². The highest BCUT2D eigenvalue weighted by atomic mass is 35.5. The van der Waals surface area contributed by atoms with Gasteiger partial charge in [0, 0.05) is 17.6 Å². The number of nitrogens with one attached hydrogen (secondary N) is 2. The molecule has 8 heteroatoms. The summed E-state index contributed by atoms with van der Waals surface area (Å²) >= 11 is 11.8. The van der Waals surface area contributed by atoms with Crippen LogP contribution in [-0.2, 0) is 9.59 Å². The molecule has 0 radical (unpaired) electrons. The summed E-state index contributed by atoms with van der Waals surface area (Å²) in [6, 6.07) is 11.9. The first-order valence-corrected chi connectivity index (χ1v) is 8.40. The van der Waals surface area contributed by atoms with Crippen LogP contribution in [0.1, 0.15) is 19.4 Å². The number of hydrogen-bond donors (Lipinski definition) is 2. The van der Waals surface area contributed by atoms with Crippen LogP contribution in [0.2, 0.25) is 10.0 Å². The third kappa shape index (κ3) is 6.06. The second-order valence-corrected chi connectivity index (χ2v) is 6.20. The van der Waals surface area contributed by atoms with Crippen molar-refractivity contribution in [1.29, 1.82) is 0 Å². The van der Waals surface area contributed by atoms with Crippen LogP contribution in [0.25, 0.3) is 0 Å². The van der Waals surface area contributed by atoms with Gasteiger partial charge in [-0.05, 0) is 42.8 Å². The van der Waals surface area contributed by atoms with Gasteiger partial charge in [0.05, 0.1) is 10.7 Å². The first-order chi connectivity index (χ1) is 12.3. The third-order valence-corrected chi connectivity index (χ3v) is 3.73. The van der Waals surface area contributed by atoms with Crippen molar-refractivity contribution in [3.8, 4) is 5.75 Å². The van der Waals surface area contributed by atoms with Crippen LogP contribution in [0.15, 0.2) is 47.6 Å². The van der Waals surface area contributed by atoms with Gasteiger partial charge >= 0.3 is 0 Å². The summed E-state index contributed by atoms with van der Waals surface area (Å²) in [7, 11) is 0. The van der Waals surface area contributed by atoms with Gasteiger partial charge in [-0.25, -0.2) is 5.43 Å². The zero-order valence-electron chi connectivity index (χ0n) is 14.2. The molecule has 0 atom stereocenters. The second-order valence-electron chi connectivity index (χ2n) is 5.36. The van der Waals surface area contributed by atoms with E-state index >= 15 is 0 Å². The topological polar surface area (TPSA) is 79.8 Å². The number of carbonyl (C=O) groups is 2. The fourth-order valence-corrected chi connectivity index (χ4v) is 2.47. The second kappa shape index (κ2) is 9.22. The molecule has 2 amide bonds. The Morgan fingerprint density at radius 2 is 1.88 bits per heavy atom. The number of anilines is 1. The number of ether oxygens (including phenoxy) is 1. The molecule has 0 unspecified atom stereocenters. The third-order valence-electron chi connectivity index (χ3n) is 3.20. The fraction of sp³-hybridized carbons (Fsp3) is 0.167. The van der Waals surface area contributed by atoms with Crippen molar-refractivity contribution < 1.29 is 14.3 Å². The Labute approximate surface area is 161 Å². The van der Waals surface area contributed by atoms with Gasteiger partial charge in [-0.2, -0.15) is 5.10 Å². The van der Waals surface area contributed by atoms with E-state index in [0.717, 1.165) is 5.56 Å². The maximum Gasteiger partial charge on any atom is 0.277 e. The first kappa shape index (κ1) is 19.8. The van der Waals surface area contributed by atoms with Crippen LogP contribution in [0.5, 0.6) is 5.75 Å². The SMILES string of the molecule is CC(=O)Nc1cccc(/C(C)=N\NC(=O)COc2ccc(Cl)cc2Cl)c1. The maximum atomic E-state index is 11.9. The molecule has 26 heavy (non-hydrogen) atoms. The smallest absolute Gasteiger partial charge is 0.277 e. The van der Waals surface area contributed by atoms with E-state index in [4.69, 9.17) is 27.9 Å². The molecule has 0 bridgehead atoms. The molecule has 0 fully saturated rings. The number of rotatable bonds is 6. The van der Waals surface area contributed by atoms with Crippen LogP contribution in [0.3, 0.4) is 0 Å². The molecule has 0 saturated heterocycles. The molecule has 2 rings (SSSR count). The summed E-state index contributed by atoms with van der Waals surface area (Å²) in [5.41, 5.74) is 4.40. The van der Waals surface area contributed by atoms with E-state index in [2.05, 4.69) is 15.8 Å². The van der Waals surface area contributed by atoms with Crippen molar-refractivity contribution >= 4 is 46.4 Å². The standard InChI is InChI=1S/C18H17Cl2N3O3/c1-11(13-4-3-5-15(8-13)21-12(2)24)22-23-18(25)10-26-17-7-6-14(19)9-16(17)20/h3-9H,10H2,1-2H3,(H,21,24)(H,23,25)/b22-11-. The highest BCUT2D eigenvalue weighted by Crippen LogP contribution is 2.27. The molecule has 0 spiro atoms. The summed E-state index contributed by atoms with van der Waals surface area (Å²) < 4.78 is 5.34. The van der Waals surface area contributed by atoms with Crippen molar-refractivity contribution in [3.05, 3.63) is 58.1 Å². The molecule has 0 aliphatic rings. The molecule has 0 saturated carbocycles. The van der Waals surface area contributed by atoms with Gasteiger partial charge in [0.1, 0.15) is 5.75 Å². The zero-order valence-corrected chi connectivity index (χ0v) is 15.7. The normalized spacial score (nSPS) is 11.0. The highest BCUT2D eigenvalue weighted by Gasteiger charge is 2.07. The van der Waals surface area contributed by atoms with Crippen molar-refractivity contribution in [3.63, 3.8) is 0 Å². The summed E-state index contributed by atoms with van der Waals surface area (Å²) in [5, 5.41) is 7.52. The first-order valence-electron chi connectivity index (χ1n) is 7.64. The summed E-state index contributed by atoms with van der Waals surface area (Å²) in [4.78, 5) is 23.0. The maximum absolute atomic E-state index is 11.9. The minimum atomic E-state index is -0.437. The molecule has 136 valence electrons. The minimum Gasteiger partial charge on any atom is -0.482 e. The van der Waals surface area contributed by atoms with E-state index in [0.29, 0.717) is 27.2 Å².